The van der Waals surface area contributed by atoms with Gasteiger partial charge in [-0.1, -0.05) is 109 Å². The van der Waals surface area contributed by atoms with Gasteiger partial charge in [-0.15, -0.1) is 34.9 Å². The second kappa shape index (κ2) is 15.1. The molecule has 2 aromatic heterocycles. The number of aliphatic hydroxyl groups is 1. The predicted molar refractivity (Wildman–Crippen MR) is 192 cm³/mol. The minimum absolute atomic E-state index is 0. The Morgan fingerprint density at radius 3 is 2.24 bits per heavy atom. The van der Waals surface area contributed by atoms with E-state index in [9.17, 15) is 9.90 Å². The van der Waals surface area contributed by atoms with E-state index < -0.39 is 8.07 Å². The molecule has 2 heterocycles. The number of nitrogens with zero attached hydrogens (tertiary/aromatic N) is 2. The molecule has 0 saturated carbocycles. The number of aromatic nitrogens is 2. The smallest absolute Gasteiger partial charge is 0.162 e. The van der Waals surface area contributed by atoms with Gasteiger partial charge in [0.1, 0.15) is 11.2 Å². The minimum Gasteiger partial charge on any atom is -0.512 e. The summed E-state index contributed by atoms with van der Waals surface area (Å²) in [4.78, 5) is 22.4. The summed E-state index contributed by atoms with van der Waals surface area (Å²) in [6, 6.07) is 15.9. The van der Waals surface area contributed by atoms with Gasteiger partial charge in [-0.05, 0) is 47.1 Å². The van der Waals surface area contributed by atoms with E-state index in [1.54, 1.807) is 10.8 Å². The van der Waals surface area contributed by atoms with E-state index in [0.29, 0.717) is 5.92 Å². The third-order valence-corrected chi connectivity index (χ3v) is 15.6. The molecule has 1 aliphatic rings. The van der Waals surface area contributed by atoms with Crippen molar-refractivity contribution in [3.8, 4) is 11.3 Å². The number of thiophene rings is 1. The van der Waals surface area contributed by atoms with Crippen LogP contribution in [0.1, 0.15) is 92.2 Å². The summed E-state index contributed by atoms with van der Waals surface area (Å²) in [6.07, 6.45) is 6.65. The number of aliphatic hydroxyl groups excluding tert-OH is 1. The molecule has 0 amide bonds. The van der Waals surface area contributed by atoms with Crippen LogP contribution in [0.25, 0.3) is 32.2 Å². The topological polar surface area (TPSA) is 63.1 Å². The average molecular weight is 820 g/mol. The maximum atomic E-state index is 11.7. The van der Waals surface area contributed by atoms with Gasteiger partial charge in [-0.3, -0.25) is 9.78 Å². The number of carbonyl (C=O) groups excluding carboxylic acids is 1. The van der Waals surface area contributed by atoms with Crippen molar-refractivity contribution in [2.45, 2.75) is 106 Å². The van der Waals surface area contributed by atoms with Crippen LogP contribution in [0.15, 0.2) is 48.5 Å². The van der Waals surface area contributed by atoms with E-state index in [2.05, 4.69) is 77.2 Å². The average Bonchev–Trinajstić information content (AvgIpc) is 3.39. The van der Waals surface area contributed by atoms with Crippen LogP contribution in [0, 0.1) is 23.8 Å². The molecular weight excluding hydrogens is 769 g/mol. The number of carbonyl (C=O) groups is 1. The van der Waals surface area contributed by atoms with Crippen molar-refractivity contribution in [3.63, 3.8) is 0 Å². The third-order valence-electron chi connectivity index (χ3n) is 9.43. The largest absolute Gasteiger partial charge is 0.512 e. The molecular formula is C38H51IrN2O2SSi-. The molecule has 1 aliphatic carbocycles. The standard InChI is InChI=1S/C25H27N2SSi.C13H24O2.Ir/c1-15(2)13-29(5,6)24-21-20-22(26-14-27-23(20)28-24)18-11-16-9-7-8-10-17(16)12-19(18)25(21,3)4;1-5-10(6-2)12(14)9-13(15)11(7-3)8-4;/h7-10,12,14-15H,13H2,1-6H3;9-11,14H,5-8H2,1-4H3;/q-1;;/b;12-9-;. The van der Waals surface area contributed by atoms with Gasteiger partial charge in [0.2, 0.25) is 0 Å². The van der Waals surface area contributed by atoms with Crippen LogP contribution >= 0.6 is 11.3 Å². The van der Waals surface area contributed by atoms with Crippen molar-refractivity contribution in [2.24, 2.45) is 17.8 Å². The van der Waals surface area contributed by atoms with E-state index in [0.717, 1.165) is 47.2 Å². The summed E-state index contributed by atoms with van der Waals surface area (Å²) in [6.45, 7) is 22.6. The zero-order valence-electron chi connectivity index (χ0n) is 28.8. The molecule has 5 rings (SSSR count). The molecule has 4 aromatic rings. The van der Waals surface area contributed by atoms with Crippen molar-refractivity contribution >= 4 is 50.7 Å². The Labute approximate surface area is 289 Å². The molecule has 0 bridgehead atoms. The van der Waals surface area contributed by atoms with Crippen LogP contribution in [-0.4, -0.2) is 28.9 Å². The number of hydrogen-bond acceptors (Lipinski definition) is 5. The first kappa shape index (κ1) is 37.3. The molecule has 7 heteroatoms. The molecule has 0 aliphatic heterocycles. The fourth-order valence-electron chi connectivity index (χ4n) is 7.07. The van der Waals surface area contributed by atoms with Crippen LogP contribution in [0.2, 0.25) is 19.1 Å². The number of benzene rings is 2. The van der Waals surface area contributed by atoms with Gasteiger partial charge in [0.05, 0.1) is 13.8 Å². The first-order valence-electron chi connectivity index (χ1n) is 16.5. The van der Waals surface area contributed by atoms with E-state index in [-0.39, 0.29) is 48.9 Å². The molecule has 0 fully saturated rings. The number of allylic oxidation sites excluding steroid dienone is 2. The van der Waals surface area contributed by atoms with Crippen molar-refractivity contribution in [1.82, 2.24) is 9.97 Å². The summed E-state index contributed by atoms with van der Waals surface area (Å²) in [5, 5.41) is 13.4. The normalized spacial score (nSPS) is 14.0. The van der Waals surface area contributed by atoms with Crippen molar-refractivity contribution in [1.29, 1.82) is 0 Å². The molecule has 2 aromatic carbocycles. The van der Waals surface area contributed by atoms with Crippen LogP contribution in [0.5, 0.6) is 0 Å². The predicted octanol–water partition coefficient (Wildman–Crippen LogP) is 10.4. The first-order valence-corrected chi connectivity index (χ1v) is 20.5. The van der Waals surface area contributed by atoms with Gasteiger partial charge in [0.25, 0.3) is 0 Å². The van der Waals surface area contributed by atoms with E-state index in [4.69, 9.17) is 9.97 Å². The zero-order chi connectivity index (χ0) is 32.4. The van der Waals surface area contributed by atoms with Crippen LogP contribution in [0.3, 0.4) is 0 Å². The molecule has 0 saturated heterocycles. The van der Waals surface area contributed by atoms with Gasteiger partial charge in [0, 0.05) is 49.1 Å². The minimum atomic E-state index is -1.60. The van der Waals surface area contributed by atoms with Crippen LogP contribution in [-0.2, 0) is 30.3 Å². The van der Waals surface area contributed by atoms with E-state index in [1.807, 2.05) is 39.0 Å². The number of rotatable bonds is 10. The summed E-state index contributed by atoms with van der Waals surface area (Å²) < 4.78 is 1.60. The molecule has 0 unspecified atom stereocenters. The van der Waals surface area contributed by atoms with Crippen LogP contribution < -0.4 is 4.50 Å². The van der Waals surface area contributed by atoms with Crippen molar-refractivity contribution in [3.05, 3.63) is 65.7 Å². The van der Waals surface area contributed by atoms with Gasteiger partial charge in [0.15, 0.2) is 5.78 Å². The monoisotopic (exact) mass is 820 g/mol. The Kier molecular flexibility index (Phi) is 12.5. The summed E-state index contributed by atoms with van der Waals surface area (Å²) in [5.74, 6) is 1.25. The summed E-state index contributed by atoms with van der Waals surface area (Å²) in [5.41, 5.74) is 4.98. The molecule has 1 radical (unpaired) electrons. The Bertz CT molecular complexity index is 1670. The number of ketones is 1. The SMILES string of the molecule is CC(C)C[Si](C)(C)c1sc2ncnc3c2c1C(C)(C)c1cc2ccccc2[c-]c1-3.CCC(CC)C(=O)/C=C(\O)C(CC)CC.[Ir]. The molecule has 4 nitrogen and oxygen atoms in total. The van der Waals surface area contributed by atoms with Crippen molar-refractivity contribution < 1.29 is 30.0 Å². The van der Waals surface area contributed by atoms with Gasteiger partial charge >= 0.3 is 0 Å². The Morgan fingerprint density at radius 2 is 1.64 bits per heavy atom. The van der Waals surface area contributed by atoms with Gasteiger partial charge in [-0.2, -0.15) is 0 Å². The van der Waals surface area contributed by atoms with E-state index >= 15 is 0 Å². The third kappa shape index (κ3) is 7.53. The van der Waals surface area contributed by atoms with E-state index in [1.165, 1.54) is 34.0 Å². The second-order valence-corrected chi connectivity index (χ2v) is 20.0. The molecule has 1 N–H and O–H groups in total. The molecule has 0 spiro atoms. The number of hydrogen-bond donors (Lipinski definition) is 1. The van der Waals surface area contributed by atoms with Gasteiger partial charge < -0.3 is 5.11 Å². The van der Waals surface area contributed by atoms with Crippen molar-refractivity contribution in [2.75, 3.05) is 0 Å². The number of fused-ring (bicyclic) bond motifs is 3. The summed E-state index contributed by atoms with van der Waals surface area (Å²) in [7, 11) is -1.60. The molecule has 0 atom stereocenters. The zero-order valence-corrected chi connectivity index (χ0v) is 33.0. The Hall–Kier alpha value is -2.18. The quantitative estimate of drug-likeness (QED) is 0.0749. The Balaban J connectivity index is 0.000000297. The fourth-order valence-corrected chi connectivity index (χ4v) is 13.1. The molecule has 45 heavy (non-hydrogen) atoms. The molecule has 245 valence electrons. The second-order valence-electron chi connectivity index (χ2n) is 14.0. The summed E-state index contributed by atoms with van der Waals surface area (Å²) >= 11 is 1.93. The maximum absolute atomic E-state index is 11.7. The maximum Gasteiger partial charge on any atom is 0.162 e. The first-order chi connectivity index (χ1) is 20.8. The van der Waals surface area contributed by atoms with Crippen LogP contribution in [0.4, 0.5) is 0 Å². The Morgan fingerprint density at radius 1 is 1.02 bits per heavy atom. The van der Waals surface area contributed by atoms with Gasteiger partial charge in [-0.25, -0.2) is 4.98 Å². The fraction of sp³-hybridized carbons (Fsp3) is 0.500.